The lowest BCUT2D eigenvalue weighted by molar-refractivity contribution is 0.202. The molecule has 0 amide bonds. The van der Waals surface area contributed by atoms with Crippen LogP contribution in [-0.4, -0.2) is 13.7 Å². The standard InChI is InChI=1S/C16H23BrO/c1-18-12-11-13-7-9-15(10-8-13)16(17)14-5-3-2-4-6-14/h7-10,14,16H,2-6,11-12H2,1H3. The van der Waals surface area contributed by atoms with Crippen LogP contribution in [0, 0.1) is 5.92 Å². The normalized spacial score (nSPS) is 18.8. The third kappa shape index (κ3) is 3.83. The first-order chi connectivity index (χ1) is 8.81. The van der Waals surface area contributed by atoms with Gasteiger partial charge < -0.3 is 4.74 Å². The van der Waals surface area contributed by atoms with Crippen molar-refractivity contribution in [2.24, 2.45) is 5.92 Å². The molecule has 0 radical (unpaired) electrons. The number of rotatable bonds is 5. The number of hydrogen-bond acceptors (Lipinski definition) is 1. The lowest BCUT2D eigenvalue weighted by Crippen LogP contribution is -2.11. The van der Waals surface area contributed by atoms with Crippen LogP contribution >= 0.6 is 15.9 Å². The lowest BCUT2D eigenvalue weighted by atomic mass is 9.84. The molecule has 1 aromatic rings. The third-order valence-corrected chi connectivity index (χ3v) is 5.23. The second kappa shape index (κ2) is 7.30. The number of methoxy groups -OCH3 is 1. The molecule has 2 rings (SSSR count). The fraction of sp³-hybridized carbons (Fsp3) is 0.625. The Morgan fingerprint density at radius 2 is 1.83 bits per heavy atom. The topological polar surface area (TPSA) is 9.23 Å². The highest BCUT2D eigenvalue weighted by molar-refractivity contribution is 9.09. The Bertz CT molecular complexity index is 341. The van der Waals surface area contributed by atoms with Crippen LogP contribution < -0.4 is 0 Å². The minimum atomic E-state index is 0.536. The van der Waals surface area contributed by atoms with E-state index in [-0.39, 0.29) is 0 Å². The Morgan fingerprint density at radius 1 is 1.17 bits per heavy atom. The Labute approximate surface area is 119 Å². The van der Waals surface area contributed by atoms with Gasteiger partial charge in [-0.2, -0.15) is 0 Å². The second-order valence-electron chi connectivity index (χ2n) is 5.28. The molecule has 2 heteroatoms. The molecule has 18 heavy (non-hydrogen) atoms. The highest BCUT2D eigenvalue weighted by Gasteiger charge is 2.22. The van der Waals surface area contributed by atoms with Gasteiger partial charge in [0.15, 0.2) is 0 Å². The molecule has 100 valence electrons. The van der Waals surface area contributed by atoms with E-state index in [1.807, 2.05) is 0 Å². The third-order valence-electron chi connectivity index (χ3n) is 3.96. The molecule has 0 aromatic heterocycles. The van der Waals surface area contributed by atoms with Crippen molar-refractivity contribution in [3.05, 3.63) is 35.4 Å². The summed E-state index contributed by atoms with van der Waals surface area (Å²) in [5.74, 6) is 0.823. The van der Waals surface area contributed by atoms with Crippen molar-refractivity contribution in [1.82, 2.24) is 0 Å². The molecule has 0 aliphatic heterocycles. The van der Waals surface area contributed by atoms with Crippen LogP contribution in [0.25, 0.3) is 0 Å². The van der Waals surface area contributed by atoms with E-state index in [2.05, 4.69) is 40.2 Å². The maximum atomic E-state index is 5.11. The average Bonchev–Trinajstić information content (AvgIpc) is 2.46. The fourth-order valence-corrected chi connectivity index (χ4v) is 3.62. The van der Waals surface area contributed by atoms with Crippen LogP contribution in [0.2, 0.25) is 0 Å². The Balaban J connectivity index is 1.95. The molecule has 1 aliphatic rings. The maximum absolute atomic E-state index is 5.11. The first kappa shape index (κ1) is 14.1. The summed E-state index contributed by atoms with van der Waals surface area (Å²) in [4.78, 5) is 0.536. The van der Waals surface area contributed by atoms with Gasteiger partial charge in [0.1, 0.15) is 0 Å². The predicted molar refractivity (Wildman–Crippen MR) is 80.3 cm³/mol. The predicted octanol–water partition coefficient (Wildman–Crippen LogP) is 4.89. The first-order valence-corrected chi connectivity index (χ1v) is 7.94. The molecule has 1 atom stereocenters. The second-order valence-corrected chi connectivity index (χ2v) is 6.27. The van der Waals surface area contributed by atoms with Crippen molar-refractivity contribution in [2.45, 2.75) is 43.4 Å². The van der Waals surface area contributed by atoms with Gasteiger partial charge in [0.05, 0.1) is 6.61 Å². The van der Waals surface area contributed by atoms with Gasteiger partial charge in [0.25, 0.3) is 0 Å². The summed E-state index contributed by atoms with van der Waals surface area (Å²) in [7, 11) is 1.76. The van der Waals surface area contributed by atoms with Gasteiger partial charge in [-0.15, -0.1) is 0 Å². The first-order valence-electron chi connectivity index (χ1n) is 7.03. The summed E-state index contributed by atoms with van der Waals surface area (Å²) in [6, 6.07) is 9.04. The molecule has 1 saturated carbocycles. The zero-order valence-corrected chi connectivity index (χ0v) is 12.8. The van der Waals surface area contributed by atoms with Crippen molar-refractivity contribution in [3.63, 3.8) is 0 Å². The van der Waals surface area contributed by atoms with Crippen molar-refractivity contribution in [3.8, 4) is 0 Å². The Kier molecular flexibility index (Phi) is 5.71. The summed E-state index contributed by atoms with van der Waals surface area (Å²) >= 11 is 3.90. The summed E-state index contributed by atoms with van der Waals surface area (Å²) in [6.07, 6.45) is 7.99. The summed E-state index contributed by atoms with van der Waals surface area (Å²) in [6.45, 7) is 0.805. The quantitative estimate of drug-likeness (QED) is 0.703. The molecule has 1 fully saturated rings. The number of hydrogen-bond donors (Lipinski definition) is 0. The molecule has 0 heterocycles. The van der Waals surface area contributed by atoms with Crippen LogP contribution in [0.5, 0.6) is 0 Å². The molecule has 1 aromatic carbocycles. The van der Waals surface area contributed by atoms with Gasteiger partial charge in [-0.05, 0) is 36.3 Å². The van der Waals surface area contributed by atoms with E-state index in [1.54, 1.807) is 7.11 Å². The van der Waals surface area contributed by atoms with E-state index >= 15 is 0 Å². The molecule has 0 bridgehead atoms. The van der Waals surface area contributed by atoms with Crippen LogP contribution in [0.1, 0.15) is 48.1 Å². The van der Waals surface area contributed by atoms with Crippen LogP contribution in [-0.2, 0) is 11.2 Å². The van der Waals surface area contributed by atoms with Gasteiger partial charge in [-0.25, -0.2) is 0 Å². The molecular weight excluding hydrogens is 288 g/mol. The number of alkyl halides is 1. The van der Waals surface area contributed by atoms with E-state index in [0.717, 1.165) is 18.9 Å². The van der Waals surface area contributed by atoms with Crippen LogP contribution in [0.4, 0.5) is 0 Å². The highest BCUT2D eigenvalue weighted by Crippen LogP contribution is 2.39. The molecule has 1 unspecified atom stereocenters. The van der Waals surface area contributed by atoms with Gasteiger partial charge in [0.2, 0.25) is 0 Å². The molecule has 1 aliphatic carbocycles. The average molecular weight is 311 g/mol. The van der Waals surface area contributed by atoms with Crippen LogP contribution in [0.3, 0.4) is 0 Å². The number of ether oxygens (including phenoxy) is 1. The summed E-state index contributed by atoms with van der Waals surface area (Å²) < 4.78 is 5.11. The van der Waals surface area contributed by atoms with Gasteiger partial charge in [-0.1, -0.05) is 59.5 Å². The molecular formula is C16H23BrO. The van der Waals surface area contributed by atoms with E-state index in [0.29, 0.717) is 4.83 Å². The fourth-order valence-electron chi connectivity index (χ4n) is 2.79. The van der Waals surface area contributed by atoms with Crippen molar-refractivity contribution >= 4 is 15.9 Å². The maximum Gasteiger partial charge on any atom is 0.0502 e. The van der Waals surface area contributed by atoms with Gasteiger partial charge in [-0.3, -0.25) is 0 Å². The van der Waals surface area contributed by atoms with Gasteiger partial charge >= 0.3 is 0 Å². The number of halogens is 1. The zero-order chi connectivity index (χ0) is 12.8. The van der Waals surface area contributed by atoms with Crippen molar-refractivity contribution in [1.29, 1.82) is 0 Å². The van der Waals surface area contributed by atoms with Crippen molar-refractivity contribution in [2.75, 3.05) is 13.7 Å². The molecule has 0 saturated heterocycles. The molecule has 1 nitrogen and oxygen atoms in total. The smallest absolute Gasteiger partial charge is 0.0502 e. The van der Waals surface area contributed by atoms with Gasteiger partial charge in [0, 0.05) is 11.9 Å². The zero-order valence-electron chi connectivity index (χ0n) is 11.2. The van der Waals surface area contributed by atoms with E-state index < -0.39 is 0 Å². The Hall–Kier alpha value is -0.340. The Morgan fingerprint density at radius 3 is 2.44 bits per heavy atom. The molecule has 0 spiro atoms. The van der Waals surface area contributed by atoms with Crippen molar-refractivity contribution < 1.29 is 4.74 Å². The van der Waals surface area contributed by atoms with E-state index in [1.165, 1.54) is 43.2 Å². The largest absolute Gasteiger partial charge is 0.384 e. The highest BCUT2D eigenvalue weighted by atomic mass is 79.9. The summed E-state index contributed by atoms with van der Waals surface area (Å²) in [5, 5.41) is 0. The minimum Gasteiger partial charge on any atom is -0.384 e. The van der Waals surface area contributed by atoms with E-state index in [9.17, 15) is 0 Å². The minimum absolute atomic E-state index is 0.536. The SMILES string of the molecule is COCCc1ccc(C(Br)C2CCCCC2)cc1. The molecule has 0 N–H and O–H groups in total. The van der Waals surface area contributed by atoms with E-state index in [4.69, 9.17) is 4.74 Å². The number of benzene rings is 1. The van der Waals surface area contributed by atoms with Crippen LogP contribution in [0.15, 0.2) is 24.3 Å². The monoisotopic (exact) mass is 310 g/mol. The lowest BCUT2D eigenvalue weighted by Gasteiger charge is -2.26. The summed E-state index contributed by atoms with van der Waals surface area (Å²) in [5.41, 5.74) is 2.80.